The predicted molar refractivity (Wildman–Crippen MR) is 86.5 cm³/mol. The van der Waals surface area contributed by atoms with Crippen LogP contribution in [0.2, 0.25) is 0 Å². The molecule has 1 aromatic heterocycles. The van der Waals surface area contributed by atoms with Crippen LogP contribution in [-0.2, 0) is 4.74 Å². The minimum absolute atomic E-state index is 0.316. The molecule has 0 saturated heterocycles. The normalized spacial score (nSPS) is 16.0. The number of methoxy groups -OCH3 is 1. The maximum absolute atomic E-state index is 11.9. The lowest BCUT2D eigenvalue weighted by atomic mass is 10.1. The summed E-state index contributed by atoms with van der Waals surface area (Å²) in [6.45, 7) is 0. The van der Waals surface area contributed by atoms with Gasteiger partial charge >= 0.3 is 5.97 Å². The zero-order valence-corrected chi connectivity index (χ0v) is 12.4. The van der Waals surface area contributed by atoms with Crippen molar-refractivity contribution >= 4 is 22.6 Å². The lowest BCUT2D eigenvalue weighted by molar-refractivity contribution is 0.0437. The first kappa shape index (κ1) is 13.6. The molecule has 1 aliphatic heterocycles. The average molecular weight is 306 g/mol. The molecule has 1 N–H and O–H groups in total. The van der Waals surface area contributed by atoms with Crippen LogP contribution in [0, 0.1) is 0 Å². The number of carbonyl (C=O) groups excluding carboxylic acids is 1. The van der Waals surface area contributed by atoms with Crippen molar-refractivity contribution in [3.63, 3.8) is 0 Å². The van der Waals surface area contributed by atoms with Gasteiger partial charge in [0.25, 0.3) is 0 Å². The first-order valence-corrected chi connectivity index (χ1v) is 7.26. The number of fused-ring (bicyclic) bond motifs is 2. The summed E-state index contributed by atoms with van der Waals surface area (Å²) in [4.78, 5) is 16.4. The van der Waals surface area contributed by atoms with Gasteiger partial charge in [0.2, 0.25) is 6.23 Å². The summed E-state index contributed by atoms with van der Waals surface area (Å²) in [6.07, 6.45) is 1.21. The monoisotopic (exact) mass is 306 g/mol. The largest absolute Gasteiger partial charge is 0.496 e. The number of aromatic nitrogens is 1. The molecule has 23 heavy (non-hydrogen) atoms. The number of cyclic esters (lactones) is 1. The van der Waals surface area contributed by atoms with Gasteiger partial charge in [-0.25, -0.2) is 4.79 Å². The molecule has 2 heterocycles. The first-order valence-electron chi connectivity index (χ1n) is 7.26. The van der Waals surface area contributed by atoms with E-state index in [2.05, 4.69) is 10.3 Å². The van der Waals surface area contributed by atoms with E-state index in [1.807, 2.05) is 42.5 Å². The predicted octanol–water partition coefficient (Wildman–Crippen LogP) is 3.52. The summed E-state index contributed by atoms with van der Waals surface area (Å²) in [6, 6.07) is 14.9. The third-order valence-electron chi connectivity index (χ3n) is 3.92. The van der Waals surface area contributed by atoms with Crippen molar-refractivity contribution in [2.75, 3.05) is 12.4 Å². The van der Waals surface area contributed by atoms with Gasteiger partial charge in [0.05, 0.1) is 23.9 Å². The molecule has 114 valence electrons. The fraction of sp³-hybridized carbons (Fsp3) is 0.111. The maximum atomic E-state index is 11.9. The van der Waals surface area contributed by atoms with Gasteiger partial charge in [-0.1, -0.05) is 18.2 Å². The van der Waals surface area contributed by atoms with Gasteiger partial charge in [0.1, 0.15) is 5.75 Å². The summed E-state index contributed by atoms with van der Waals surface area (Å²) >= 11 is 0. The van der Waals surface area contributed by atoms with Crippen molar-refractivity contribution in [2.45, 2.75) is 6.23 Å². The Morgan fingerprint density at radius 1 is 1.13 bits per heavy atom. The van der Waals surface area contributed by atoms with E-state index >= 15 is 0 Å². The Morgan fingerprint density at radius 3 is 2.87 bits per heavy atom. The number of benzene rings is 2. The van der Waals surface area contributed by atoms with Crippen molar-refractivity contribution in [2.24, 2.45) is 0 Å². The number of ether oxygens (including phenoxy) is 2. The van der Waals surface area contributed by atoms with E-state index in [-0.39, 0.29) is 5.97 Å². The molecule has 0 saturated carbocycles. The smallest absolute Gasteiger partial charge is 0.340 e. The van der Waals surface area contributed by atoms with Gasteiger partial charge in [-0.3, -0.25) is 4.98 Å². The number of nitrogens with one attached hydrogen (secondary N) is 1. The lowest BCUT2D eigenvalue weighted by Gasteiger charge is -2.16. The minimum Gasteiger partial charge on any atom is -0.496 e. The highest BCUT2D eigenvalue weighted by Crippen LogP contribution is 2.35. The van der Waals surface area contributed by atoms with Crippen LogP contribution in [0.25, 0.3) is 10.9 Å². The molecule has 4 rings (SSSR count). The summed E-state index contributed by atoms with van der Waals surface area (Å²) in [5.41, 5.74) is 2.98. The number of anilines is 1. The molecular formula is C18H14N2O3. The second kappa shape index (κ2) is 5.28. The molecule has 0 bridgehead atoms. The molecule has 0 aliphatic carbocycles. The summed E-state index contributed by atoms with van der Waals surface area (Å²) in [7, 11) is 1.63. The van der Waals surface area contributed by atoms with E-state index in [0.717, 1.165) is 27.9 Å². The molecule has 2 aromatic carbocycles. The Balaban J connectivity index is 1.76. The van der Waals surface area contributed by atoms with Crippen molar-refractivity contribution < 1.29 is 14.3 Å². The topological polar surface area (TPSA) is 60.5 Å². The highest BCUT2D eigenvalue weighted by molar-refractivity contribution is 5.97. The number of hydrogen-bond acceptors (Lipinski definition) is 5. The van der Waals surface area contributed by atoms with Crippen LogP contribution >= 0.6 is 0 Å². The number of nitrogens with zero attached hydrogens (tertiary/aromatic N) is 1. The molecule has 5 nitrogen and oxygen atoms in total. The van der Waals surface area contributed by atoms with E-state index < -0.39 is 6.23 Å². The highest BCUT2D eigenvalue weighted by atomic mass is 16.6. The van der Waals surface area contributed by atoms with E-state index in [0.29, 0.717) is 5.56 Å². The third kappa shape index (κ3) is 2.17. The van der Waals surface area contributed by atoms with Crippen LogP contribution in [-0.4, -0.2) is 18.1 Å². The quantitative estimate of drug-likeness (QED) is 0.750. The summed E-state index contributed by atoms with van der Waals surface area (Å²) in [5.74, 6) is 0.436. The highest BCUT2D eigenvalue weighted by Gasteiger charge is 2.30. The molecule has 1 aliphatic rings. The third-order valence-corrected chi connectivity index (χ3v) is 3.92. The molecule has 5 heteroatoms. The van der Waals surface area contributed by atoms with Crippen LogP contribution in [0.1, 0.15) is 22.1 Å². The van der Waals surface area contributed by atoms with E-state index in [1.165, 1.54) is 0 Å². The minimum atomic E-state index is -0.516. The lowest BCUT2D eigenvalue weighted by Crippen LogP contribution is -2.11. The summed E-state index contributed by atoms with van der Waals surface area (Å²) in [5, 5.41) is 4.16. The fourth-order valence-corrected chi connectivity index (χ4v) is 2.83. The Hall–Kier alpha value is -3.08. The van der Waals surface area contributed by atoms with Gasteiger partial charge in [-0.05, 0) is 30.3 Å². The van der Waals surface area contributed by atoms with Crippen LogP contribution in [0.4, 0.5) is 5.69 Å². The van der Waals surface area contributed by atoms with Crippen LogP contribution < -0.4 is 10.1 Å². The average Bonchev–Trinajstić information content (AvgIpc) is 2.92. The Labute approximate surface area is 132 Å². The van der Waals surface area contributed by atoms with E-state index in [1.54, 1.807) is 19.4 Å². The number of esters is 1. The standard InChI is InChI=1S/C18H14N2O3/c1-22-15-9-8-14(16-13(15)7-4-10-19-16)20-17-11-5-2-3-6-12(11)18(21)23-17/h2-10,17,20H,1H3. The van der Waals surface area contributed by atoms with Crippen LogP contribution in [0.15, 0.2) is 54.7 Å². The Kier molecular flexibility index (Phi) is 3.12. The molecule has 0 amide bonds. The van der Waals surface area contributed by atoms with Gasteiger partial charge in [0, 0.05) is 17.1 Å². The molecule has 0 fully saturated rings. The number of hydrogen-bond donors (Lipinski definition) is 1. The molecule has 1 atom stereocenters. The number of pyridine rings is 1. The Bertz CT molecular complexity index is 908. The van der Waals surface area contributed by atoms with Crippen molar-refractivity contribution in [3.05, 3.63) is 65.9 Å². The Morgan fingerprint density at radius 2 is 2.00 bits per heavy atom. The molecule has 3 aromatic rings. The second-order valence-electron chi connectivity index (χ2n) is 5.23. The number of carbonyl (C=O) groups is 1. The van der Waals surface area contributed by atoms with E-state index in [9.17, 15) is 4.79 Å². The summed E-state index contributed by atoms with van der Waals surface area (Å²) < 4.78 is 10.8. The number of rotatable bonds is 3. The van der Waals surface area contributed by atoms with Crippen LogP contribution in [0.5, 0.6) is 5.75 Å². The van der Waals surface area contributed by atoms with Crippen molar-refractivity contribution in [1.82, 2.24) is 4.98 Å². The second-order valence-corrected chi connectivity index (χ2v) is 5.23. The van der Waals surface area contributed by atoms with Gasteiger partial charge in [-0.15, -0.1) is 0 Å². The first-order chi connectivity index (χ1) is 11.3. The zero-order chi connectivity index (χ0) is 15.8. The van der Waals surface area contributed by atoms with Gasteiger partial charge in [0.15, 0.2) is 0 Å². The van der Waals surface area contributed by atoms with E-state index in [4.69, 9.17) is 9.47 Å². The molecule has 1 unspecified atom stereocenters. The van der Waals surface area contributed by atoms with Gasteiger partial charge < -0.3 is 14.8 Å². The van der Waals surface area contributed by atoms with Crippen molar-refractivity contribution in [1.29, 1.82) is 0 Å². The van der Waals surface area contributed by atoms with Crippen molar-refractivity contribution in [3.8, 4) is 5.75 Å². The molecule has 0 spiro atoms. The SMILES string of the molecule is COc1ccc(NC2OC(=O)c3ccccc32)c2ncccc12. The molecule has 0 radical (unpaired) electrons. The van der Waals surface area contributed by atoms with Gasteiger partial charge in [-0.2, -0.15) is 0 Å². The fourth-order valence-electron chi connectivity index (χ4n) is 2.83. The van der Waals surface area contributed by atoms with Crippen LogP contribution in [0.3, 0.4) is 0 Å². The maximum Gasteiger partial charge on any atom is 0.340 e. The zero-order valence-electron chi connectivity index (χ0n) is 12.4. The molecular weight excluding hydrogens is 292 g/mol.